The van der Waals surface area contributed by atoms with Crippen LogP contribution < -0.4 is 0 Å². The molecule has 0 N–H and O–H groups in total. The van der Waals surface area contributed by atoms with Crippen molar-refractivity contribution in [2.45, 2.75) is 19.0 Å². The molecule has 2 aliphatic heterocycles. The van der Waals surface area contributed by atoms with E-state index in [4.69, 9.17) is 4.74 Å². The van der Waals surface area contributed by atoms with Gasteiger partial charge in [-0.05, 0) is 13.0 Å². The highest BCUT2D eigenvalue weighted by Gasteiger charge is 2.46. The van der Waals surface area contributed by atoms with Crippen molar-refractivity contribution in [3.63, 3.8) is 0 Å². The van der Waals surface area contributed by atoms with Crippen molar-refractivity contribution in [2.24, 2.45) is 7.05 Å². The monoisotopic (exact) mass is 349 g/mol. The maximum Gasteiger partial charge on any atom is 0.275 e. The zero-order valence-corrected chi connectivity index (χ0v) is 14.7. The summed E-state index contributed by atoms with van der Waals surface area (Å²) < 4.78 is 6.57. The summed E-state index contributed by atoms with van der Waals surface area (Å²) in [7, 11) is 3.31. The number of nitrogens with zero attached hydrogens (tertiary/aromatic N) is 5. The third-order valence-corrected chi connectivity index (χ3v) is 4.82. The summed E-state index contributed by atoms with van der Waals surface area (Å²) in [6, 6.07) is 0.366. The number of aromatic nitrogens is 2. The Morgan fingerprint density at radius 1 is 1.32 bits per heavy atom. The number of hydrogen-bond acceptors (Lipinski definition) is 5. The molecule has 9 heteroatoms. The lowest BCUT2D eigenvalue weighted by atomic mass is 10.0. The second-order valence-corrected chi connectivity index (χ2v) is 6.37. The Balaban J connectivity index is 1.80. The number of piperazine rings is 2. The van der Waals surface area contributed by atoms with E-state index in [2.05, 4.69) is 5.10 Å². The molecule has 3 amide bonds. The molecule has 0 radical (unpaired) electrons. The summed E-state index contributed by atoms with van der Waals surface area (Å²) in [6.07, 6.45) is 1.67. The SMILES string of the molecule is COCCN1CCN2C(=O)C(C)N(C(=O)c3ccn(C)n3)CC2C1=O. The lowest BCUT2D eigenvalue weighted by molar-refractivity contribution is -0.160. The standard InChI is InChI=1S/C16H23N5O4/c1-11-14(22)20-7-6-19(8-9-25-3)16(24)13(20)10-21(11)15(23)12-4-5-18(2)17-12/h4-5,11,13H,6-10H2,1-3H3. The van der Waals surface area contributed by atoms with Crippen molar-refractivity contribution in [3.8, 4) is 0 Å². The van der Waals surface area contributed by atoms with Gasteiger partial charge in [-0.3, -0.25) is 19.1 Å². The Kier molecular flexibility index (Phi) is 4.76. The van der Waals surface area contributed by atoms with E-state index in [9.17, 15) is 14.4 Å². The fourth-order valence-corrected chi connectivity index (χ4v) is 3.36. The van der Waals surface area contributed by atoms with Crippen LogP contribution in [0.15, 0.2) is 12.3 Å². The zero-order valence-electron chi connectivity index (χ0n) is 14.7. The Morgan fingerprint density at radius 3 is 2.72 bits per heavy atom. The van der Waals surface area contributed by atoms with Gasteiger partial charge >= 0.3 is 0 Å². The van der Waals surface area contributed by atoms with Crippen LogP contribution in [0.1, 0.15) is 17.4 Å². The Morgan fingerprint density at radius 2 is 2.08 bits per heavy atom. The number of amides is 3. The Bertz CT molecular complexity index is 688. The van der Waals surface area contributed by atoms with Gasteiger partial charge in [-0.2, -0.15) is 5.10 Å². The molecule has 3 rings (SSSR count). The fraction of sp³-hybridized carbons (Fsp3) is 0.625. The van der Waals surface area contributed by atoms with Crippen molar-refractivity contribution in [1.29, 1.82) is 0 Å². The number of ether oxygens (including phenoxy) is 1. The van der Waals surface area contributed by atoms with E-state index >= 15 is 0 Å². The minimum atomic E-state index is -0.637. The van der Waals surface area contributed by atoms with E-state index in [-0.39, 0.29) is 30.0 Å². The van der Waals surface area contributed by atoms with Crippen LogP contribution in [-0.4, -0.2) is 94.2 Å². The first-order valence-electron chi connectivity index (χ1n) is 8.33. The first kappa shape index (κ1) is 17.4. The molecule has 0 aliphatic carbocycles. The summed E-state index contributed by atoms with van der Waals surface area (Å²) >= 11 is 0. The highest BCUT2D eigenvalue weighted by molar-refractivity contribution is 5.99. The van der Waals surface area contributed by atoms with Crippen LogP contribution in [0.5, 0.6) is 0 Å². The van der Waals surface area contributed by atoms with Crippen molar-refractivity contribution in [2.75, 3.05) is 39.9 Å². The van der Waals surface area contributed by atoms with Gasteiger partial charge in [0.25, 0.3) is 5.91 Å². The molecule has 3 heterocycles. The Labute approximate surface area is 146 Å². The van der Waals surface area contributed by atoms with Crippen LogP contribution in [0.25, 0.3) is 0 Å². The summed E-state index contributed by atoms with van der Waals surface area (Å²) in [5.41, 5.74) is 0.273. The predicted molar refractivity (Wildman–Crippen MR) is 87.7 cm³/mol. The number of hydrogen-bond donors (Lipinski definition) is 0. The molecule has 1 aromatic heterocycles. The number of carbonyl (C=O) groups is 3. The largest absolute Gasteiger partial charge is 0.383 e. The van der Waals surface area contributed by atoms with Gasteiger partial charge in [0.05, 0.1) is 13.2 Å². The quantitative estimate of drug-likeness (QED) is 0.692. The first-order chi connectivity index (χ1) is 11.9. The van der Waals surface area contributed by atoms with Gasteiger partial charge in [0, 0.05) is 40.0 Å². The maximum atomic E-state index is 12.7. The summed E-state index contributed by atoms with van der Waals surface area (Å²) in [4.78, 5) is 42.9. The molecule has 0 aromatic carbocycles. The molecule has 2 aliphatic rings. The minimum absolute atomic E-state index is 0.137. The van der Waals surface area contributed by atoms with Crippen molar-refractivity contribution >= 4 is 17.7 Å². The molecule has 0 bridgehead atoms. The predicted octanol–water partition coefficient (Wildman–Crippen LogP) is -1.05. The molecule has 25 heavy (non-hydrogen) atoms. The van der Waals surface area contributed by atoms with E-state index in [1.54, 1.807) is 43.1 Å². The maximum absolute atomic E-state index is 12.7. The van der Waals surface area contributed by atoms with Gasteiger partial charge in [-0.25, -0.2) is 0 Å². The van der Waals surface area contributed by atoms with Gasteiger partial charge in [0.15, 0.2) is 0 Å². The molecule has 9 nitrogen and oxygen atoms in total. The summed E-state index contributed by atoms with van der Waals surface area (Å²) in [5.74, 6) is -0.662. The number of aryl methyl sites for hydroxylation is 1. The lowest BCUT2D eigenvalue weighted by Gasteiger charge is -2.48. The average Bonchev–Trinajstić information content (AvgIpc) is 3.03. The smallest absolute Gasteiger partial charge is 0.275 e. The van der Waals surface area contributed by atoms with Gasteiger partial charge in [0.2, 0.25) is 11.8 Å². The van der Waals surface area contributed by atoms with Gasteiger partial charge in [-0.1, -0.05) is 0 Å². The second kappa shape index (κ2) is 6.83. The van der Waals surface area contributed by atoms with Crippen molar-refractivity contribution in [3.05, 3.63) is 18.0 Å². The van der Waals surface area contributed by atoms with E-state index in [0.717, 1.165) is 0 Å². The molecule has 0 saturated carbocycles. The van der Waals surface area contributed by atoms with Crippen LogP contribution in [0.4, 0.5) is 0 Å². The van der Waals surface area contributed by atoms with E-state index < -0.39 is 12.1 Å². The highest BCUT2D eigenvalue weighted by Crippen LogP contribution is 2.23. The van der Waals surface area contributed by atoms with Gasteiger partial charge < -0.3 is 19.4 Å². The Hall–Kier alpha value is -2.42. The van der Waals surface area contributed by atoms with Crippen molar-refractivity contribution < 1.29 is 19.1 Å². The molecule has 2 unspecified atom stereocenters. The third kappa shape index (κ3) is 3.11. The number of fused-ring (bicyclic) bond motifs is 1. The molecule has 2 fully saturated rings. The normalized spacial score (nSPS) is 23.9. The number of rotatable bonds is 4. The number of methoxy groups -OCH3 is 1. The van der Waals surface area contributed by atoms with E-state index in [1.807, 2.05) is 0 Å². The van der Waals surface area contributed by atoms with Gasteiger partial charge in [0.1, 0.15) is 17.8 Å². The summed E-state index contributed by atoms with van der Waals surface area (Å²) in [6.45, 7) is 3.78. The topological polar surface area (TPSA) is 88.0 Å². The van der Waals surface area contributed by atoms with Crippen LogP contribution >= 0.6 is 0 Å². The molecule has 2 saturated heterocycles. The van der Waals surface area contributed by atoms with Crippen LogP contribution in [0.3, 0.4) is 0 Å². The van der Waals surface area contributed by atoms with Gasteiger partial charge in [-0.15, -0.1) is 0 Å². The van der Waals surface area contributed by atoms with Crippen LogP contribution in [-0.2, 0) is 21.4 Å². The molecule has 1 aromatic rings. The molecule has 2 atom stereocenters. The lowest BCUT2D eigenvalue weighted by Crippen LogP contribution is -2.70. The molecule has 0 spiro atoms. The van der Waals surface area contributed by atoms with Crippen molar-refractivity contribution in [1.82, 2.24) is 24.5 Å². The third-order valence-electron chi connectivity index (χ3n) is 4.82. The van der Waals surface area contributed by atoms with E-state index in [0.29, 0.717) is 26.2 Å². The second-order valence-electron chi connectivity index (χ2n) is 6.37. The molecule has 136 valence electrons. The molecular weight excluding hydrogens is 326 g/mol. The van der Waals surface area contributed by atoms with Crippen LogP contribution in [0.2, 0.25) is 0 Å². The number of carbonyl (C=O) groups excluding carboxylic acids is 3. The summed E-state index contributed by atoms with van der Waals surface area (Å²) in [5, 5.41) is 4.11. The highest BCUT2D eigenvalue weighted by atomic mass is 16.5. The molecular formula is C16H23N5O4. The first-order valence-corrected chi connectivity index (χ1v) is 8.33. The van der Waals surface area contributed by atoms with Crippen LogP contribution in [0, 0.1) is 0 Å². The van der Waals surface area contributed by atoms with E-state index in [1.165, 1.54) is 9.58 Å². The fourth-order valence-electron chi connectivity index (χ4n) is 3.36. The zero-order chi connectivity index (χ0) is 18.1. The minimum Gasteiger partial charge on any atom is -0.383 e. The average molecular weight is 349 g/mol.